The molecule has 0 aliphatic carbocycles. The third-order valence-electron chi connectivity index (χ3n) is 3.87. The van der Waals surface area contributed by atoms with Gasteiger partial charge in [0, 0.05) is 12.6 Å². The van der Waals surface area contributed by atoms with E-state index in [9.17, 15) is 0 Å². The Morgan fingerprint density at radius 3 is 2.71 bits per heavy atom. The van der Waals surface area contributed by atoms with E-state index in [2.05, 4.69) is 51.2 Å². The lowest BCUT2D eigenvalue weighted by Gasteiger charge is -2.34. The Morgan fingerprint density at radius 2 is 2.06 bits per heavy atom. The fraction of sp³-hybridized carbons (Fsp3) is 0.625. The van der Waals surface area contributed by atoms with E-state index in [4.69, 9.17) is 0 Å². The Balaban J connectivity index is 2.39. The molecule has 17 heavy (non-hydrogen) atoms. The highest BCUT2D eigenvalue weighted by Crippen LogP contribution is 2.34. The van der Waals surface area contributed by atoms with Gasteiger partial charge >= 0.3 is 0 Å². The van der Waals surface area contributed by atoms with Crippen molar-refractivity contribution >= 4 is 0 Å². The summed E-state index contributed by atoms with van der Waals surface area (Å²) in [7, 11) is 0. The molecule has 0 fully saturated rings. The third kappa shape index (κ3) is 2.55. The van der Waals surface area contributed by atoms with Gasteiger partial charge in [-0.25, -0.2) is 0 Å². The van der Waals surface area contributed by atoms with Crippen molar-refractivity contribution in [1.29, 1.82) is 0 Å². The van der Waals surface area contributed by atoms with Crippen LogP contribution in [0.4, 0.5) is 0 Å². The molecule has 0 radical (unpaired) electrons. The Hall–Kier alpha value is -0.820. The molecule has 1 aromatic rings. The summed E-state index contributed by atoms with van der Waals surface area (Å²) in [6.07, 6.45) is 2.43. The van der Waals surface area contributed by atoms with Crippen molar-refractivity contribution in [1.82, 2.24) is 5.32 Å². The smallest absolute Gasteiger partial charge is 0.0346 e. The van der Waals surface area contributed by atoms with Gasteiger partial charge < -0.3 is 5.32 Å². The maximum Gasteiger partial charge on any atom is 0.0346 e. The lowest BCUT2D eigenvalue weighted by Crippen LogP contribution is -2.35. The van der Waals surface area contributed by atoms with Crippen LogP contribution in [0.15, 0.2) is 18.2 Å². The molecular formula is C16H25N. The minimum absolute atomic E-state index is 0.540. The molecule has 0 bridgehead atoms. The topological polar surface area (TPSA) is 12.0 Å². The summed E-state index contributed by atoms with van der Waals surface area (Å²) in [5.41, 5.74) is 4.60. The van der Waals surface area contributed by atoms with E-state index in [1.165, 1.54) is 18.4 Å². The summed E-state index contributed by atoms with van der Waals surface area (Å²) in [4.78, 5) is 0. The fourth-order valence-corrected chi connectivity index (χ4v) is 2.90. The highest BCUT2D eigenvalue weighted by atomic mass is 14.9. The highest BCUT2D eigenvalue weighted by Gasteiger charge is 2.26. The fourth-order valence-electron chi connectivity index (χ4n) is 2.90. The van der Waals surface area contributed by atoms with Gasteiger partial charge in [-0.2, -0.15) is 0 Å². The van der Waals surface area contributed by atoms with Crippen LogP contribution in [0.3, 0.4) is 0 Å². The summed E-state index contributed by atoms with van der Waals surface area (Å²) >= 11 is 0. The van der Waals surface area contributed by atoms with Crippen LogP contribution in [0.25, 0.3) is 0 Å². The quantitative estimate of drug-likeness (QED) is 0.827. The summed E-state index contributed by atoms with van der Waals surface area (Å²) in [5, 5.41) is 3.69. The van der Waals surface area contributed by atoms with E-state index in [1.54, 1.807) is 11.1 Å². The van der Waals surface area contributed by atoms with Gasteiger partial charge in [0.25, 0.3) is 0 Å². The minimum atomic E-state index is 0.540. The van der Waals surface area contributed by atoms with Crippen LogP contribution in [0.1, 0.15) is 62.8 Å². The normalized spacial score (nSPS) is 23.8. The van der Waals surface area contributed by atoms with Crippen molar-refractivity contribution in [2.75, 3.05) is 6.54 Å². The molecule has 0 spiro atoms. The lowest BCUT2D eigenvalue weighted by atomic mass is 9.82. The molecule has 1 heterocycles. The minimum Gasteiger partial charge on any atom is -0.309 e. The third-order valence-corrected chi connectivity index (χ3v) is 3.87. The summed E-state index contributed by atoms with van der Waals surface area (Å²) < 4.78 is 0. The molecule has 0 saturated heterocycles. The number of hydrogen-bond donors (Lipinski definition) is 1. The largest absolute Gasteiger partial charge is 0.309 e. The van der Waals surface area contributed by atoms with Crippen LogP contribution in [0.2, 0.25) is 0 Å². The Morgan fingerprint density at radius 1 is 1.29 bits per heavy atom. The van der Waals surface area contributed by atoms with Crippen molar-refractivity contribution in [2.45, 2.75) is 52.5 Å². The van der Waals surface area contributed by atoms with Crippen LogP contribution in [-0.2, 0) is 6.42 Å². The molecule has 2 unspecified atom stereocenters. The van der Waals surface area contributed by atoms with Crippen LogP contribution < -0.4 is 5.32 Å². The Bertz CT molecular complexity index is 381. The van der Waals surface area contributed by atoms with E-state index >= 15 is 0 Å². The van der Waals surface area contributed by atoms with Gasteiger partial charge in [-0.1, -0.05) is 52.3 Å². The maximum absolute atomic E-state index is 3.69. The molecular weight excluding hydrogens is 206 g/mol. The number of benzene rings is 1. The van der Waals surface area contributed by atoms with Crippen LogP contribution >= 0.6 is 0 Å². The molecule has 1 nitrogen and oxygen atoms in total. The average molecular weight is 231 g/mol. The summed E-state index contributed by atoms with van der Waals surface area (Å²) in [5.74, 6) is 1.31. The second kappa shape index (κ2) is 5.22. The molecule has 2 rings (SSSR count). The molecule has 1 heteroatoms. The van der Waals surface area contributed by atoms with Gasteiger partial charge in [-0.3, -0.25) is 0 Å². The van der Waals surface area contributed by atoms with Gasteiger partial charge in [-0.15, -0.1) is 0 Å². The number of aryl methyl sites for hydroxylation is 1. The molecule has 1 N–H and O–H groups in total. The van der Waals surface area contributed by atoms with E-state index in [0.29, 0.717) is 17.9 Å². The molecule has 1 aliphatic rings. The number of fused-ring (bicyclic) bond motifs is 1. The van der Waals surface area contributed by atoms with Crippen LogP contribution in [-0.4, -0.2) is 6.54 Å². The first-order valence-electron chi connectivity index (χ1n) is 6.99. The lowest BCUT2D eigenvalue weighted by molar-refractivity contribution is 0.376. The van der Waals surface area contributed by atoms with E-state index in [-0.39, 0.29) is 0 Å². The second-order valence-corrected chi connectivity index (χ2v) is 5.74. The first-order valence-corrected chi connectivity index (χ1v) is 6.99. The van der Waals surface area contributed by atoms with Gasteiger partial charge in [0.05, 0.1) is 0 Å². The molecule has 0 amide bonds. The first kappa shape index (κ1) is 12.6. The maximum atomic E-state index is 3.69. The molecule has 0 aromatic heterocycles. The van der Waals surface area contributed by atoms with E-state index < -0.39 is 0 Å². The number of hydrogen-bond acceptors (Lipinski definition) is 1. The SMILES string of the molecule is CCCc1ccc2c(c1)C(C(C)C)NCC2C. The highest BCUT2D eigenvalue weighted by molar-refractivity contribution is 5.39. The van der Waals surface area contributed by atoms with Gasteiger partial charge in [0.1, 0.15) is 0 Å². The van der Waals surface area contributed by atoms with Crippen molar-refractivity contribution in [3.8, 4) is 0 Å². The van der Waals surface area contributed by atoms with Crippen molar-refractivity contribution in [2.24, 2.45) is 5.92 Å². The predicted octanol–water partition coefficient (Wildman–Crippen LogP) is 4.04. The molecule has 2 atom stereocenters. The van der Waals surface area contributed by atoms with Crippen molar-refractivity contribution in [3.63, 3.8) is 0 Å². The second-order valence-electron chi connectivity index (χ2n) is 5.74. The zero-order valence-electron chi connectivity index (χ0n) is 11.6. The number of rotatable bonds is 3. The van der Waals surface area contributed by atoms with E-state index in [1.807, 2.05) is 0 Å². The van der Waals surface area contributed by atoms with Gasteiger partial charge in [0.15, 0.2) is 0 Å². The molecule has 1 aromatic carbocycles. The summed E-state index contributed by atoms with van der Waals surface area (Å²) in [6.45, 7) is 10.3. The zero-order chi connectivity index (χ0) is 12.4. The Kier molecular flexibility index (Phi) is 3.88. The zero-order valence-corrected chi connectivity index (χ0v) is 11.6. The molecule has 1 aliphatic heterocycles. The van der Waals surface area contributed by atoms with Crippen molar-refractivity contribution < 1.29 is 0 Å². The average Bonchev–Trinajstić information content (AvgIpc) is 2.29. The monoisotopic (exact) mass is 231 g/mol. The summed E-state index contributed by atoms with van der Waals surface area (Å²) in [6, 6.07) is 7.66. The number of nitrogens with one attached hydrogen (secondary N) is 1. The van der Waals surface area contributed by atoms with Crippen molar-refractivity contribution in [3.05, 3.63) is 34.9 Å². The standard InChI is InChI=1S/C16H25N/c1-5-6-13-7-8-14-12(4)10-17-16(11(2)3)15(14)9-13/h7-9,11-12,16-17H,5-6,10H2,1-4H3. The van der Waals surface area contributed by atoms with Crippen LogP contribution in [0, 0.1) is 5.92 Å². The predicted molar refractivity (Wildman–Crippen MR) is 74.4 cm³/mol. The Labute approximate surface area is 106 Å². The molecule has 94 valence electrons. The van der Waals surface area contributed by atoms with Crippen LogP contribution in [0.5, 0.6) is 0 Å². The van der Waals surface area contributed by atoms with Gasteiger partial charge in [-0.05, 0) is 34.9 Å². The van der Waals surface area contributed by atoms with Gasteiger partial charge in [0.2, 0.25) is 0 Å². The first-order chi connectivity index (χ1) is 8.13. The van der Waals surface area contributed by atoms with E-state index in [0.717, 1.165) is 6.54 Å². The molecule has 0 saturated carbocycles.